The van der Waals surface area contributed by atoms with E-state index in [4.69, 9.17) is 20.3 Å². The Hall–Kier alpha value is -0.850. The lowest BCUT2D eigenvalue weighted by Gasteiger charge is -2.13. The summed E-state index contributed by atoms with van der Waals surface area (Å²) in [5, 5.41) is 18.2. The Kier molecular flexibility index (Phi) is 1.67. The van der Waals surface area contributed by atoms with Crippen LogP contribution >= 0.6 is 0 Å². The minimum absolute atomic E-state index is 0.0282. The van der Waals surface area contributed by atoms with Crippen LogP contribution in [0, 0.1) is 0 Å². The number of hydrogen-bond donors (Lipinski definition) is 3. The predicted molar refractivity (Wildman–Crippen MR) is 38.2 cm³/mol. The van der Waals surface area contributed by atoms with Crippen molar-refractivity contribution in [3.05, 3.63) is 0 Å². The summed E-state index contributed by atoms with van der Waals surface area (Å²) in [6.45, 7) is -0.243. The summed E-state index contributed by atoms with van der Waals surface area (Å²) < 4.78 is 10.1. The van der Waals surface area contributed by atoms with Crippen LogP contribution in [-0.2, 0) is 9.47 Å². The number of rotatable bonds is 1. The highest BCUT2D eigenvalue weighted by Crippen LogP contribution is 2.28. The van der Waals surface area contributed by atoms with E-state index in [1.54, 1.807) is 0 Å². The molecule has 4 atom stereocenters. The fourth-order valence-electron chi connectivity index (χ4n) is 1.40. The second-order valence-corrected chi connectivity index (χ2v) is 2.79. The van der Waals surface area contributed by atoms with Gasteiger partial charge in [0.15, 0.2) is 12.3 Å². The Labute approximate surface area is 68.6 Å². The molecule has 4 N–H and O–H groups in total. The standard InChI is InChI=1S/C6H10N2O4/c7-6-8-5-4(12-6)3(10)2(1-9)11-5/h2-5,9-10H,1H2,(H2,7,8)/t2-,3?,4?,5-/m1/s1. The summed E-state index contributed by atoms with van der Waals surface area (Å²) in [5.41, 5.74) is 5.25. The first-order chi connectivity index (χ1) is 5.72. The Morgan fingerprint density at radius 3 is 2.92 bits per heavy atom. The van der Waals surface area contributed by atoms with E-state index in [9.17, 15) is 5.11 Å². The van der Waals surface area contributed by atoms with Gasteiger partial charge in [-0.15, -0.1) is 0 Å². The minimum atomic E-state index is -0.857. The maximum absolute atomic E-state index is 9.44. The lowest BCUT2D eigenvalue weighted by Crippen LogP contribution is -2.35. The Balaban J connectivity index is 2.10. The first-order valence-electron chi connectivity index (χ1n) is 3.66. The first kappa shape index (κ1) is 7.78. The summed E-state index contributed by atoms with van der Waals surface area (Å²) in [4.78, 5) is 3.78. The van der Waals surface area contributed by atoms with E-state index in [0.717, 1.165) is 0 Å². The van der Waals surface area contributed by atoms with Crippen molar-refractivity contribution in [2.45, 2.75) is 24.5 Å². The molecule has 1 fully saturated rings. The number of nitrogens with two attached hydrogens (primary N) is 1. The van der Waals surface area contributed by atoms with Gasteiger partial charge in [0.2, 0.25) is 0 Å². The number of amidine groups is 1. The molecule has 0 aromatic heterocycles. The number of aliphatic hydroxyl groups is 2. The molecule has 0 aromatic carbocycles. The first-order valence-corrected chi connectivity index (χ1v) is 3.66. The molecular formula is C6H10N2O4. The quantitative estimate of drug-likeness (QED) is 0.418. The molecule has 0 bridgehead atoms. The Morgan fingerprint density at radius 2 is 2.33 bits per heavy atom. The Morgan fingerprint density at radius 1 is 1.58 bits per heavy atom. The third kappa shape index (κ3) is 0.961. The number of ether oxygens (including phenoxy) is 2. The normalized spacial score (nSPS) is 45.3. The third-order valence-corrected chi connectivity index (χ3v) is 2.00. The smallest absolute Gasteiger partial charge is 0.285 e. The summed E-state index contributed by atoms with van der Waals surface area (Å²) >= 11 is 0. The molecule has 2 aliphatic rings. The largest absolute Gasteiger partial charge is 0.454 e. The van der Waals surface area contributed by atoms with Crippen molar-refractivity contribution < 1.29 is 19.7 Å². The maximum atomic E-state index is 9.44. The lowest BCUT2D eigenvalue weighted by atomic mass is 10.1. The van der Waals surface area contributed by atoms with E-state index >= 15 is 0 Å². The number of nitrogens with zero attached hydrogens (tertiary/aromatic N) is 1. The average Bonchev–Trinajstić information content (AvgIpc) is 2.51. The monoisotopic (exact) mass is 174 g/mol. The van der Waals surface area contributed by atoms with E-state index in [-0.39, 0.29) is 12.6 Å². The second kappa shape index (κ2) is 2.58. The summed E-state index contributed by atoms with van der Waals surface area (Å²) in [7, 11) is 0. The lowest BCUT2D eigenvalue weighted by molar-refractivity contribution is -0.0206. The van der Waals surface area contributed by atoms with Crippen LogP contribution in [0.4, 0.5) is 0 Å². The van der Waals surface area contributed by atoms with Gasteiger partial charge in [0, 0.05) is 0 Å². The molecule has 0 amide bonds. The summed E-state index contributed by atoms with van der Waals surface area (Å²) in [6.07, 6.45) is -2.58. The van der Waals surface area contributed by atoms with Crippen molar-refractivity contribution in [3.63, 3.8) is 0 Å². The van der Waals surface area contributed by atoms with Crippen molar-refractivity contribution in [1.29, 1.82) is 0 Å². The zero-order chi connectivity index (χ0) is 8.72. The van der Waals surface area contributed by atoms with Crippen LogP contribution < -0.4 is 5.73 Å². The van der Waals surface area contributed by atoms with Crippen molar-refractivity contribution in [3.8, 4) is 0 Å². The van der Waals surface area contributed by atoms with Gasteiger partial charge in [0.25, 0.3) is 6.02 Å². The van der Waals surface area contributed by atoms with Gasteiger partial charge in [0.05, 0.1) is 6.61 Å². The van der Waals surface area contributed by atoms with Gasteiger partial charge >= 0.3 is 0 Å². The van der Waals surface area contributed by atoms with E-state index in [1.165, 1.54) is 0 Å². The number of fused-ring (bicyclic) bond motifs is 1. The molecule has 0 aliphatic carbocycles. The number of aliphatic imine (C=N–C) groups is 1. The van der Waals surface area contributed by atoms with Gasteiger partial charge in [-0.05, 0) is 0 Å². The fraction of sp³-hybridized carbons (Fsp3) is 0.833. The van der Waals surface area contributed by atoms with Gasteiger partial charge in [-0.3, -0.25) is 0 Å². The van der Waals surface area contributed by atoms with Crippen molar-refractivity contribution in [2.24, 2.45) is 10.7 Å². The highest BCUT2D eigenvalue weighted by molar-refractivity contribution is 5.73. The summed E-state index contributed by atoms with van der Waals surface area (Å²) in [5.74, 6) is 0. The molecule has 6 heteroatoms. The average molecular weight is 174 g/mol. The van der Waals surface area contributed by atoms with Gasteiger partial charge in [-0.2, -0.15) is 4.99 Å². The molecular weight excluding hydrogens is 164 g/mol. The molecule has 1 saturated heterocycles. The van der Waals surface area contributed by atoms with Crippen LogP contribution in [0.15, 0.2) is 4.99 Å². The van der Waals surface area contributed by atoms with E-state index < -0.39 is 24.5 Å². The number of hydrogen-bond acceptors (Lipinski definition) is 6. The molecule has 2 rings (SSSR count). The Bertz CT molecular complexity index is 220. The van der Waals surface area contributed by atoms with Gasteiger partial charge < -0.3 is 25.4 Å². The third-order valence-electron chi connectivity index (χ3n) is 2.00. The highest BCUT2D eigenvalue weighted by Gasteiger charge is 2.48. The second-order valence-electron chi connectivity index (χ2n) is 2.79. The zero-order valence-corrected chi connectivity index (χ0v) is 6.25. The molecule has 6 nitrogen and oxygen atoms in total. The predicted octanol–water partition coefficient (Wildman–Crippen LogP) is -2.22. The molecule has 0 aromatic rings. The zero-order valence-electron chi connectivity index (χ0n) is 6.25. The molecule has 2 aliphatic heterocycles. The van der Waals surface area contributed by atoms with E-state index in [2.05, 4.69) is 4.99 Å². The molecule has 2 heterocycles. The van der Waals surface area contributed by atoms with E-state index in [1.807, 2.05) is 0 Å². The molecule has 68 valence electrons. The molecule has 0 saturated carbocycles. The maximum Gasteiger partial charge on any atom is 0.285 e. The van der Waals surface area contributed by atoms with Crippen molar-refractivity contribution >= 4 is 6.02 Å². The van der Waals surface area contributed by atoms with Crippen LogP contribution in [0.1, 0.15) is 0 Å². The SMILES string of the molecule is NC1=N[C@@H]2O[C@H](CO)C(O)C2O1. The highest BCUT2D eigenvalue weighted by atomic mass is 16.6. The topological polar surface area (TPSA) is 97.3 Å². The van der Waals surface area contributed by atoms with E-state index in [0.29, 0.717) is 0 Å². The molecule has 0 spiro atoms. The van der Waals surface area contributed by atoms with Crippen LogP contribution in [0.5, 0.6) is 0 Å². The van der Waals surface area contributed by atoms with Gasteiger partial charge in [-0.25, -0.2) is 0 Å². The molecule has 2 unspecified atom stereocenters. The van der Waals surface area contributed by atoms with Crippen molar-refractivity contribution in [1.82, 2.24) is 0 Å². The molecule has 12 heavy (non-hydrogen) atoms. The van der Waals surface area contributed by atoms with Crippen molar-refractivity contribution in [2.75, 3.05) is 6.61 Å². The summed E-state index contributed by atoms with van der Waals surface area (Å²) in [6, 6.07) is 0.0282. The van der Waals surface area contributed by atoms with Crippen LogP contribution in [0.3, 0.4) is 0 Å². The minimum Gasteiger partial charge on any atom is -0.454 e. The molecule has 0 radical (unpaired) electrons. The van der Waals surface area contributed by atoms with Crippen LogP contribution in [-0.4, -0.2) is 47.4 Å². The van der Waals surface area contributed by atoms with Gasteiger partial charge in [-0.1, -0.05) is 0 Å². The fourth-order valence-corrected chi connectivity index (χ4v) is 1.40. The van der Waals surface area contributed by atoms with Gasteiger partial charge in [0.1, 0.15) is 12.2 Å². The van der Waals surface area contributed by atoms with Crippen LogP contribution in [0.2, 0.25) is 0 Å². The number of aliphatic hydroxyl groups excluding tert-OH is 2. The van der Waals surface area contributed by atoms with Crippen LogP contribution in [0.25, 0.3) is 0 Å².